The van der Waals surface area contributed by atoms with Crippen LogP contribution in [-0.2, 0) is 0 Å². The zero-order chi connectivity index (χ0) is 10.8. The van der Waals surface area contributed by atoms with Crippen LogP contribution in [0.25, 0.3) is 0 Å². The molecule has 1 heterocycles. The van der Waals surface area contributed by atoms with E-state index < -0.39 is 0 Å². The van der Waals surface area contributed by atoms with Crippen molar-refractivity contribution in [3.8, 4) is 0 Å². The van der Waals surface area contributed by atoms with Crippen molar-refractivity contribution in [2.45, 2.75) is 38.3 Å². The Morgan fingerprint density at radius 3 is 2.87 bits per heavy atom. The van der Waals surface area contributed by atoms with E-state index in [9.17, 15) is 0 Å². The Morgan fingerprint density at radius 1 is 1.60 bits per heavy atom. The molecule has 0 amide bonds. The summed E-state index contributed by atoms with van der Waals surface area (Å²) in [6.07, 6.45) is 4.03. The second-order valence-corrected chi connectivity index (χ2v) is 5.10. The zero-order valence-corrected chi connectivity index (χ0v) is 10.5. The van der Waals surface area contributed by atoms with E-state index >= 15 is 0 Å². The van der Waals surface area contributed by atoms with Crippen LogP contribution < -0.4 is 10.2 Å². The third-order valence-electron chi connectivity index (χ3n) is 3.31. The fraction of sp³-hybridized carbons (Fsp3) is 0.727. The number of nitrogens with zero attached hydrogens (tertiary/aromatic N) is 2. The Balaban J connectivity index is 2.05. The first kappa shape index (κ1) is 10.9. The lowest BCUT2D eigenvalue weighted by Crippen LogP contribution is -2.37. The number of hydrogen-bond acceptors (Lipinski definition) is 4. The minimum atomic E-state index is 0.352. The molecule has 1 fully saturated rings. The Labute approximate surface area is 95.5 Å². The molecule has 2 rings (SSSR count). The van der Waals surface area contributed by atoms with E-state index in [-0.39, 0.29) is 0 Å². The van der Waals surface area contributed by atoms with Gasteiger partial charge >= 0.3 is 0 Å². The first-order chi connectivity index (χ1) is 7.22. The maximum absolute atomic E-state index is 4.67. The third-order valence-corrected chi connectivity index (χ3v) is 4.26. The summed E-state index contributed by atoms with van der Waals surface area (Å²) >= 11 is 1.75. The molecule has 1 atom stereocenters. The fourth-order valence-electron chi connectivity index (χ4n) is 1.72. The SMILES string of the molecule is CNC(C)c1csc(N(C)C2CCC2)n1. The molecule has 1 N–H and O–H groups in total. The predicted octanol–water partition coefficient (Wildman–Crippen LogP) is 2.41. The van der Waals surface area contributed by atoms with E-state index in [4.69, 9.17) is 0 Å². The topological polar surface area (TPSA) is 28.2 Å². The second-order valence-electron chi connectivity index (χ2n) is 4.26. The molecule has 1 aromatic heterocycles. The number of thiazole rings is 1. The van der Waals surface area contributed by atoms with Crippen molar-refractivity contribution in [3.05, 3.63) is 11.1 Å². The van der Waals surface area contributed by atoms with Gasteiger partial charge in [-0.05, 0) is 33.2 Å². The van der Waals surface area contributed by atoms with Crippen molar-refractivity contribution >= 4 is 16.5 Å². The minimum Gasteiger partial charge on any atom is -0.348 e. The molecule has 1 aliphatic rings. The van der Waals surface area contributed by atoms with Crippen LogP contribution in [0.2, 0.25) is 0 Å². The normalized spacial score (nSPS) is 18.6. The molecular formula is C11H19N3S. The first-order valence-corrected chi connectivity index (χ1v) is 6.46. The van der Waals surface area contributed by atoms with Crippen LogP contribution in [0.5, 0.6) is 0 Å². The molecule has 15 heavy (non-hydrogen) atoms. The van der Waals surface area contributed by atoms with Crippen molar-refractivity contribution in [3.63, 3.8) is 0 Å². The summed E-state index contributed by atoms with van der Waals surface area (Å²) in [6, 6.07) is 1.08. The number of rotatable bonds is 4. The molecular weight excluding hydrogens is 206 g/mol. The Bertz CT molecular complexity index is 319. The summed E-state index contributed by atoms with van der Waals surface area (Å²) < 4.78 is 0. The molecule has 1 aliphatic carbocycles. The smallest absolute Gasteiger partial charge is 0.185 e. The van der Waals surface area contributed by atoms with Gasteiger partial charge in [0.2, 0.25) is 0 Å². The molecule has 1 unspecified atom stereocenters. The van der Waals surface area contributed by atoms with Gasteiger partial charge < -0.3 is 10.2 Å². The minimum absolute atomic E-state index is 0.352. The number of nitrogens with one attached hydrogen (secondary N) is 1. The van der Waals surface area contributed by atoms with Gasteiger partial charge in [-0.3, -0.25) is 0 Å². The molecule has 0 saturated heterocycles. The van der Waals surface area contributed by atoms with Gasteiger partial charge in [0.15, 0.2) is 5.13 Å². The highest BCUT2D eigenvalue weighted by atomic mass is 32.1. The third kappa shape index (κ3) is 2.16. The highest BCUT2D eigenvalue weighted by Gasteiger charge is 2.24. The molecule has 4 heteroatoms. The highest BCUT2D eigenvalue weighted by molar-refractivity contribution is 7.13. The van der Waals surface area contributed by atoms with Gasteiger partial charge in [-0.1, -0.05) is 0 Å². The summed E-state index contributed by atoms with van der Waals surface area (Å²) in [5.74, 6) is 0. The van der Waals surface area contributed by atoms with Gasteiger partial charge in [-0.2, -0.15) is 0 Å². The van der Waals surface area contributed by atoms with Gasteiger partial charge in [0.25, 0.3) is 0 Å². The van der Waals surface area contributed by atoms with Crippen molar-refractivity contribution in [2.75, 3.05) is 19.0 Å². The largest absolute Gasteiger partial charge is 0.348 e. The number of hydrogen-bond donors (Lipinski definition) is 1. The van der Waals surface area contributed by atoms with Gasteiger partial charge in [-0.15, -0.1) is 11.3 Å². The molecule has 0 bridgehead atoms. The van der Waals surface area contributed by atoms with E-state index in [0.29, 0.717) is 6.04 Å². The van der Waals surface area contributed by atoms with E-state index in [1.165, 1.54) is 19.3 Å². The molecule has 3 nitrogen and oxygen atoms in total. The summed E-state index contributed by atoms with van der Waals surface area (Å²) in [7, 11) is 4.13. The van der Waals surface area contributed by atoms with Gasteiger partial charge in [0.05, 0.1) is 5.69 Å². The maximum Gasteiger partial charge on any atom is 0.185 e. The molecule has 1 saturated carbocycles. The van der Waals surface area contributed by atoms with Crippen LogP contribution in [0.1, 0.15) is 37.9 Å². The second kappa shape index (κ2) is 4.49. The lowest BCUT2D eigenvalue weighted by Gasteiger charge is -2.34. The average molecular weight is 225 g/mol. The molecule has 0 aromatic carbocycles. The molecule has 0 aliphatic heterocycles. The first-order valence-electron chi connectivity index (χ1n) is 5.58. The Kier molecular flexibility index (Phi) is 3.26. The summed E-state index contributed by atoms with van der Waals surface area (Å²) in [5, 5.41) is 6.54. The number of aromatic nitrogens is 1. The highest BCUT2D eigenvalue weighted by Crippen LogP contribution is 2.31. The molecule has 0 spiro atoms. The zero-order valence-electron chi connectivity index (χ0n) is 9.66. The summed E-state index contributed by atoms with van der Waals surface area (Å²) in [6.45, 7) is 2.14. The van der Waals surface area contributed by atoms with Crippen molar-refractivity contribution in [1.82, 2.24) is 10.3 Å². The Morgan fingerprint density at radius 2 is 2.33 bits per heavy atom. The van der Waals surface area contributed by atoms with Crippen LogP contribution >= 0.6 is 11.3 Å². The number of anilines is 1. The molecule has 84 valence electrons. The van der Waals surface area contributed by atoms with Gasteiger partial charge in [0, 0.05) is 24.5 Å². The summed E-state index contributed by atoms with van der Waals surface area (Å²) in [5.41, 5.74) is 1.16. The van der Waals surface area contributed by atoms with Crippen molar-refractivity contribution in [1.29, 1.82) is 0 Å². The van der Waals surface area contributed by atoms with Crippen LogP contribution in [-0.4, -0.2) is 25.1 Å². The standard InChI is InChI=1S/C11H19N3S/c1-8(12-2)10-7-15-11(13-10)14(3)9-5-4-6-9/h7-9,12H,4-6H2,1-3H3. The van der Waals surface area contributed by atoms with E-state index in [1.54, 1.807) is 11.3 Å². The Hall–Kier alpha value is -0.610. The van der Waals surface area contributed by atoms with Crippen LogP contribution in [0.15, 0.2) is 5.38 Å². The molecule has 0 radical (unpaired) electrons. The monoisotopic (exact) mass is 225 g/mol. The quantitative estimate of drug-likeness (QED) is 0.853. The lowest BCUT2D eigenvalue weighted by atomic mass is 9.92. The average Bonchev–Trinajstić information content (AvgIpc) is 2.62. The lowest BCUT2D eigenvalue weighted by molar-refractivity contribution is 0.400. The fourth-order valence-corrected chi connectivity index (χ4v) is 2.67. The van der Waals surface area contributed by atoms with Crippen LogP contribution in [0.3, 0.4) is 0 Å². The predicted molar refractivity (Wildman–Crippen MR) is 65.6 cm³/mol. The van der Waals surface area contributed by atoms with Gasteiger partial charge in [-0.25, -0.2) is 4.98 Å². The maximum atomic E-state index is 4.67. The van der Waals surface area contributed by atoms with Crippen molar-refractivity contribution in [2.24, 2.45) is 0 Å². The summed E-state index contributed by atoms with van der Waals surface area (Å²) in [4.78, 5) is 7.00. The van der Waals surface area contributed by atoms with Crippen molar-refractivity contribution < 1.29 is 0 Å². The van der Waals surface area contributed by atoms with E-state index in [1.807, 2.05) is 7.05 Å². The van der Waals surface area contributed by atoms with E-state index in [0.717, 1.165) is 16.9 Å². The van der Waals surface area contributed by atoms with Crippen LogP contribution in [0.4, 0.5) is 5.13 Å². The van der Waals surface area contributed by atoms with Crippen LogP contribution in [0, 0.1) is 0 Å². The molecule has 1 aromatic rings. The van der Waals surface area contributed by atoms with E-state index in [2.05, 4.69) is 34.6 Å². The van der Waals surface area contributed by atoms with Gasteiger partial charge in [0.1, 0.15) is 0 Å².